The monoisotopic (exact) mass is 426 g/mol. The Morgan fingerprint density at radius 2 is 1.52 bits per heavy atom. The predicted molar refractivity (Wildman–Crippen MR) is 99.7 cm³/mol. The summed E-state index contributed by atoms with van der Waals surface area (Å²) in [6, 6.07) is 22.5. The number of hydrogen-bond donors (Lipinski definition) is 0. The highest BCUT2D eigenvalue weighted by atomic mass is 79.9. The van der Waals surface area contributed by atoms with Gasteiger partial charge in [0.2, 0.25) is 0 Å². The molecule has 0 aliphatic heterocycles. The molecule has 1 nitrogen and oxygen atoms in total. The van der Waals surface area contributed by atoms with Gasteiger partial charge in [0.25, 0.3) is 0 Å². The third-order valence-corrected chi connectivity index (χ3v) is 7.47. The lowest BCUT2D eigenvalue weighted by Crippen LogP contribution is -2.21. The Bertz CT molecular complexity index is 972. The summed E-state index contributed by atoms with van der Waals surface area (Å²) >= 11 is 7.67. The number of ketones is 1. The Hall–Kier alpha value is -1.45. The molecule has 0 amide bonds. The third-order valence-electron chi connectivity index (χ3n) is 5.30. The number of carbonyl (C=O) groups is 1. The molecule has 0 N–H and O–H groups in total. The molecule has 1 spiro atoms. The Morgan fingerprint density at radius 1 is 0.826 bits per heavy atom. The molecule has 1 saturated carbocycles. The molecule has 112 valence electrons. The van der Waals surface area contributed by atoms with Gasteiger partial charge in [-0.25, -0.2) is 0 Å². The summed E-state index contributed by atoms with van der Waals surface area (Å²) in [5, 5.41) is 2.25. The van der Waals surface area contributed by atoms with Crippen LogP contribution in [0.1, 0.15) is 27.4 Å². The molecular formula is C20H12Br2O. The minimum absolute atomic E-state index is 0.0849. The van der Waals surface area contributed by atoms with Gasteiger partial charge in [-0.2, -0.15) is 0 Å². The topological polar surface area (TPSA) is 17.1 Å². The molecule has 2 unspecified atom stereocenters. The molecule has 2 aliphatic rings. The molecule has 3 aromatic carbocycles. The van der Waals surface area contributed by atoms with Crippen molar-refractivity contribution in [3.8, 4) is 0 Å². The van der Waals surface area contributed by atoms with Crippen molar-refractivity contribution in [1.29, 1.82) is 0 Å². The van der Waals surface area contributed by atoms with Crippen LogP contribution in [0, 0.1) is 0 Å². The molecule has 3 aromatic rings. The fourth-order valence-electron chi connectivity index (χ4n) is 4.32. The second kappa shape index (κ2) is 4.34. The van der Waals surface area contributed by atoms with Gasteiger partial charge in [0, 0.05) is 11.5 Å². The summed E-state index contributed by atoms with van der Waals surface area (Å²) in [6.07, 6.45) is 0. The molecule has 5 rings (SSSR count). The third kappa shape index (κ3) is 1.46. The van der Waals surface area contributed by atoms with Crippen molar-refractivity contribution >= 4 is 48.4 Å². The maximum Gasteiger partial charge on any atom is 0.177 e. The molecule has 2 aliphatic carbocycles. The Kier molecular flexibility index (Phi) is 2.63. The van der Waals surface area contributed by atoms with Crippen LogP contribution in [0.4, 0.5) is 0 Å². The van der Waals surface area contributed by atoms with Crippen molar-refractivity contribution in [2.75, 3.05) is 0 Å². The number of Topliss-reactive ketones (excluding diaryl/α,β-unsaturated/α-hetero) is 1. The number of benzene rings is 3. The zero-order valence-electron chi connectivity index (χ0n) is 12.1. The van der Waals surface area contributed by atoms with Gasteiger partial charge in [-0.1, -0.05) is 98.6 Å². The average Bonchev–Trinajstić information content (AvgIpc) is 2.99. The van der Waals surface area contributed by atoms with Crippen LogP contribution >= 0.6 is 31.9 Å². The van der Waals surface area contributed by atoms with Crippen molar-refractivity contribution in [3.05, 3.63) is 83.4 Å². The molecule has 23 heavy (non-hydrogen) atoms. The first-order valence-electron chi connectivity index (χ1n) is 7.60. The van der Waals surface area contributed by atoms with Crippen LogP contribution in [0.2, 0.25) is 0 Å². The fraction of sp³-hybridized carbons (Fsp3) is 0.150. The van der Waals surface area contributed by atoms with Gasteiger partial charge in [-0.05, 0) is 21.9 Å². The van der Waals surface area contributed by atoms with Crippen molar-refractivity contribution in [3.63, 3.8) is 0 Å². The normalized spacial score (nSPS) is 26.9. The van der Waals surface area contributed by atoms with E-state index in [4.69, 9.17) is 0 Å². The maximum absolute atomic E-state index is 13.4. The highest BCUT2D eigenvalue weighted by Gasteiger charge is 2.81. The molecule has 0 saturated heterocycles. The summed E-state index contributed by atoms with van der Waals surface area (Å²) in [7, 11) is 0. The summed E-state index contributed by atoms with van der Waals surface area (Å²) < 4.78 is -0.432. The first kappa shape index (κ1) is 13.9. The lowest BCUT2D eigenvalue weighted by Gasteiger charge is -2.11. The minimum Gasteiger partial charge on any atom is -0.293 e. The number of halogens is 2. The summed E-state index contributed by atoms with van der Waals surface area (Å²) in [4.78, 5) is 13.4. The van der Waals surface area contributed by atoms with Gasteiger partial charge in [0.05, 0.1) is 5.41 Å². The van der Waals surface area contributed by atoms with Gasteiger partial charge in [-0.3, -0.25) is 4.79 Å². The van der Waals surface area contributed by atoms with Gasteiger partial charge in [0.1, 0.15) is 3.23 Å². The van der Waals surface area contributed by atoms with Crippen LogP contribution in [0.3, 0.4) is 0 Å². The van der Waals surface area contributed by atoms with E-state index in [2.05, 4.69) is 68.3 Å². The summed E-state index contributed by atoms with van der Waals surface area (Å²) in [6.45, 7) is 0. The van der Waals surface area contributed by atoms with Crippen LogP contribution in [-0.2, 0) is 5.41 Å². The lowest BCUT2D eigenvalue weighted by molar-refractivity contribution is 0.0952. The Morgan fingerprint density at radius 3 is 2.26 bits per heavy atom. The van der Waals surface area contributed by atoms with Crippen molar-refractivity contribution < 1.29 is 4.79 Å². The molecule has 1 fully saturated rings. The zero-order chi connectivity index (χ0) is 15.8. The number of carbonyl (C=O) groups excluding carboxylic acids is 1. The van der Waals surface area contributed by atoms with E-state index in [1.807, 2.05) is 30.3 Å². The summed E-state index contributed by atoms with van der Waals surface area (Å²) in [5.41, 5.74) is 2.61. The van der Waals surface area contributed by atoms with E-state index in [-0.39, 0.29) is 11.7 Å². The highest BCUT2D eigenvalue weighted by Crippen LogP contribution is 2.79. The van der Waals surface area contributed by atoms with Gasteiger partial charge >= 0.3 is 0 Å². The minimum atomic E-state index is -0.558. The van der Waals surface area contributed by atoms with Crippen LogP contribution < -0.4 is 0 Å². The van der Waals surface area contributed by atoms with Crippen LogP contribution in [-0.4, -0.2) is 9.02 Å². The molecule has 0 heterocycles. The van der Waals surface area contributed by atoms with E-state index >= 15 is 0 Å². The molecule has 2 atom stereocenters. The first-order chi connectivity index (χ1) is 11.1. The second-order valence-corrected chi connectivity index (χ2v) is 9.88. The average molecular weight is 428 g/mol. The van der Waals surface area contributed by atoms with E-state index in [0.717, 1.165) is 21.9 Å². The Balaban J connectivity index is 1.83. The number of fused-ring (bicyclic) bond motifs is 1. The number of hydrogen-bond acceptors (Lipinski definition) is 1. The van der Waals surface area contributed by atoms with Gasteiger partial charge in [-0.15, -0.1) is 0 Å². The van der Waals surface area contributed by atoms with Crippen molar-refractivity contribution in [2.24, 2.45) is 0 Å². The lowest BCUT2D eigenvalue weighted by atomic mass is 9.90. The molecule has 0 radical (unpaired) electrons. The zero-order valence-corrected chi connectivity index (χ0v) is 15.3. The first-order valence-corrected chi connectivity index (χ1v) is 9.18. The van der Waals surface area contributed by atoms with E-state index in [9.17, 15) is 4.79 Å². The molecule has 0 aromatic heterocycles. The Labute approximate surface area is 151 Å². The molecule has 3 heteroatoms. The molecular weight excluding hydrogens is 416 g/mol. The highest BCUT2D eigenvalue weighted by molar-refractivity contribution is 9.25. The van der Waals surface area contributed by atoms with E-state index in [1.165, 1.54) is 5.56 Å². The van der Waals surface area contributed by atoms with E-state index in [0.29, 0.717) is 0 Å². The van der Waals surface area contributed by atoms with Crippen molar-refractivity contribution in [1.82, 2.24) is 0 Å². The number of rotatable bonds is 1. The summed E-state index contributed by atoms with van der Waals surface area (Å²) in [5.74, 6) is 0.300. The largest absolute Gasteiger partial charge is 0.293 e. The van der Waals surface area contributed by atoms with Gasteiger partial charge < -0.3 is 0 Å². The van der Waals surface area contributed by atoms with Crippen LogP contribution in [0.5, 0.6) is 0 Å². The van der Waals surface area contributed by atoms with Crippen molar-refractivity contribution in [2.45, 2.75) is 14.6 Å². The van der Waals surface area contributed by atoms with Crippen LogP contribution in [0.25, 0.3) is 10.8 Å². The van der Waals surface area contributed by atoms with Gasteiger partial charge in [0.15, 0.2) is 5.78 Å². The number of alkyl halides is 2. The quantitative estimate of drug-likeness (QED) is 0.465. The van der Waals surface area contributed by atoms with E-state index < -0.39 is 8.65 Å². The standard InChI is InChI=1S/C20H12Br2O/c21-20(22)17(13-6-2-1-3-7-13)19(20)15-11-5-9-12-8-4-10-14(16(12)15)18(19)23/h1-11,17H. The van der Waals surface area contributed by atoms with E-state index in [1.54, 1.807) is 0 Å². The molecule has 0 bridgehead atoms. The fourth-order valence-corrected chi connectivity index (χ4v) is 6.55. The van der Waals surface area contributed by atoms with Crippen LogP contribution in [0.15, 0.2) is 66.7 Å². The second-order valence-electron chi connectivity index (χ2n) is 6.31. The predicted octanol–water partition coefficient (Wildman–Crippen LogP) is 5.56. The SMILES string of the molecule is O=C1c2cccc3cccc(c23)C12C(c1ccccc1)C2(Br)Br. The maximum atomic E-state index is 13.4. The smallest absolute Gasteiger partial charge is 0.177 e.